The van der Waals surface area contributed by atoms with Gasteiger partial charge in [0.2, 0.25) is 5.91 Å². The number of ether oxygens (including phenoxy) is 1. The van der Waals surface area contributed by atoms with Gasteiger partial charge in [0, 0.05) is 32.2 Å². The maximum absolute atomic E-state index is 11.7. The lowest BCUT2D eigenvalue weighted by Crippen LogP contribution is -2.28. The fraction of sp³-hybridized carbons (Fsp3) is 0.533. The predicted molar refractivity (Wildman–Crippen MR) is 76.7 cm³/mol. The minimum Gasteiger partial charge on any atom is -0.381 e. The standard InChI is InChI=1S/C15H24N2O2/c1-2-10-19-11-6-9-17-15(18)12-14(16)13-7-4-3-5-8-13/h3-5,7-8,14H,2,6,9-12,16H2,1H3,(H,17,18). The molecular weight excluding hydrogens is 240 g/mol. The van der Waals surface area contributed by atoms with Crippen LogP contribution in [-0.4, -0.2) is 25.7 Å². The molecule has 0 spiro atoms. The Bertz CT molecular complexity index is 354. The molecule has 1 unspecified atom stereocenters. The number of rotatable bonds is 9. The number of hydrogen-bond donors (Lipinski definition) is 2. The summed E-state index contributed by atoms with van der Waals surface area (Å²) < 4.78 is 5.34. The Morgan fingerprint density at radius 1 is 1.32 bits per heavy atom. The van der Waals surface area contributed by atoms with E-state index in [9.17, 15) is 4.79 Å². The van der Waals surface area contributed by atoms with Crippen molar-refractivity contribution in [2.24, 2.45) is 5.73 Å². The molecule has 0 bridgehead atoms. The van der Waals surface area contributed by atoms with Crippen LogP contribution in [0.5, 0.6) is 0 Å². The van der Waals surface area contributed by atoms with Crippen molar-refractivity contribution in [3.63, 3.8) is 0 Å². The van der Waals surface area contributed by atoms with Crippen LogP contribution in [0.2, 0.25) is 0 Å². The van der Waals surface area contributed by atoms with Gasteiger partial charge < -0.3 is 15.8 Å². The lowest BCUT2D eigenvalue weighted by Gasteiger charge is -2.12. The van der Waals surface area contributed by atoms with Crippen LogP contribution in [0, 0.1) is 0 Å². The maximum atomic E-state index is 11.7. The van der Waals surface area contributed by atoms with Crippen LogP contribution in [0.15, 0.2) is 30.3 Å². The zero-order valence-corrected chi connectivity index (χ0v) is 11.6. The van der Waals surface area contributed by atoms with E-state index in [1.54, 1.807) is 0 Å². The van der Waals surface area contributed by atoms with Crippen molar-refractivity contribution in [2.45, 2.75) is 32.2 Å². The highest BCUT2D eigenvalue weighted by atomic mass is 16.5. The first kappa shape index (κ1) is 15.7. The predicted octanol–water partition coefficient (Wildman–Crippen LogP) is 2.01. The van der Waals surface area contributed by atoms with Crippen molar-refractivity contribution in [1.29, 1.82) is 0 Å². The summed E-state index contributed by atoms with van der Waals surface area (Å²) in [4.78, 5) is 11.7. The first-order valence-electron chi connectivity index (χ1n) is 6.89. The van der Waals surface area contributed by atoms with Gasteiger partial charge in [-0.25, -0.2) is 0 Å². The maximum Gasteiger partial charge on any atom is 0.221 e. The summed E-state index contributed by atoms with van der Waals surface area (Å²) in [5.41, 5.74) is 6.97. The zero-order valence-electron chi connectivity index (χ0n) is 11.6. The Morgan fingerprint density at radius 3 is 2.74 bits per heavy atom. The van der Waals surface area contributed by atoms with Gasteiger partial charge >= 0.3 is 0 Å². The van der Waals surface area contributed by atoms with Crippen LogP contribution >= 0.6 is 0 Å². The summed E-state index contributed by atoms with van der Waals surface area (Å²) in [6, 6.07) is 9.44. The van der Waals surface area contributed by atoms with Gasteiger partial charge in [-0.15, -0.1) is 0 Å². The molecule has 1 aromatic rings. The smallest absolute Gasteiger partial charge is 0.221 e. The molecule has 1 atom stereocenters. The highest BCUT2D eigenvalue weighted by Gasteiger charge is 2.10. The van der Waals surface area contributed by atoms with Gasteiger partial charge in [0.15, 0.2) is 0 Å². The number of nitrogens with two attached hydrogens (primary N) is 1. The number of benzene rings is 1. The van der Waals surface area contributed by atoms with Crippen molar-refractivity contribution < 1.29 is 9.53 Å². The number of amides is 1. The quantitative estimate of drug-likeness (QED) is 0.671. The minimum absolute atomic E-state index is 0.00755. The third kappa shape index (κ3) is 6.94. The molecule has 0 aromatic heterocycles. The minimum atomic E-state index is -0.238. The van der Waals surface area contributed by atoms with Gasteiger partial charge in [0.25, 0.3) is 0 Å². The van der Waals surface area contributed by atoms with Gasteiger partial charge in [-0.3, -0.25) is 4.79 Å². The Kier molecular flexibility index (Phi) is 7.86. The normalized spacial score (nSPS) is 12.1. The molecule has 1 rings (SSSR count). The first-order chi connectivity index (χ1) is 9.24. The fourth-order valence-corrected chi connectivity index (χ4v) is 1.74. The number of nitrogens with one attached hydrogen (secondary N) is 1. The molecule has 4 heteroatoms. The van der Waals surface area contributed by atoms with Gasteiger partial charge in [-0.2, -0.15) is 0 Å². The van der Waals surface area contributed by atoms with Gasteiger partial charge in [-0.05, 0) is 18.4 Å². The Balaban J connectivity index is 2.14. The molecule has 106 valence electrons. The summed E-state index contributed by atoms with van der Waals surface area (Å²) in [5.74, 6) is -0.00755. The Hall–Kier alpha value is -1.39. The molecule has 3 N–H and O–H groups in total. The van der Waals surface area contributed by atoms with E-state index in [2.05, 4.69) is 12.2 Å². The van der Waals surface area contributed by atoms with Gasteiger partial charge in [-0.1, -0.05) is 37.3 Å². The van der Waals surface area contributed by atoms with Gasteiger partial charge in [0.1, 0.15) is 0 Å². The topological polar surface area (TPSA) is 64.3 Å². The largest absolute Gasteiger partial charge is 0.381 e. The number of hydrogen-bond acceptors (Lipinski definition) is 3. The average molecular weight is 264 g/mol. The molecule has 0 saturated heterocycles. The van der Waals surface area contributed by atoms with E-state index in [4.69, 9.17) is 10.5 Å². The molecule has 0 heterocycles. The summed E-state index contributed by atoms with van der Waals surface area (Å²) in [6.45, 7) is 4.20. The highest BCUT2D eigenvalue weighted by Crippen LogP contribution is 2.12. The van der Waals surface area contributed by atoms with Crippen molar-refractivity contribution in [2.75, 3.05) is 19.8 Å². The Labute approximate surface area is 115 Å². The SMILES string of the molecule is CCCOCCCNC(=O)CC(N)c1ccccc1. The third-order valence-corrected chi connectivity index (χ3v) is 2.77. The summed E-state index contributed by atoms with van der Waals surface area (Å²) >= 11 is 0. The van der Waals surface area contributed by atoms with E-state index in [1.807, 2.05) is 30.3 Å². The van der Waals surface area contributed by atoms with Gasteiger partial charge in [0.05, 0.1) is 0 Å². The number of carbonyl (C=O) groups is 1. The highest BCUT2D eigenvalue weighted by molar-refractivity contribution is 5.76. The Morgan fingerprint density at radius 2 is 2.05 bits per heavy atom. The van der Waals surface area contributed by atoms with E-state index < -0.39 is 0 Å². The fourth-order valence-electron chi connectivity index (χ4n) is 1.74. The van der Waals surface area contributed by atoms with E-state index in [0.717, 1.165) is 25.0 Å². The van der Waals surface area contributed by atoms with E-state index in [-0.39, 0.29) is 11.9 Å². The molecule has 0 fully saturated rings. The lowest BCUT2D eigenvalue weighted by molar-refractivity contribution is -0.121. The lowest BCUT2D eigenvalue weighted by atomic mass is 10.0. The van der Waals surface area contributed by atoms with E-state index >= 15 is 0 Å². The monoisotopic (exact) mass is 264 g/mol. The second-order valence-corrected chi connectivity index (χ2v) is 4.54. The third-order valence-electron chi connectivity index (χ3n) is 2.77. The first-order valence-corrected chi connectivity index (χ1v) is 6.89. The molecule has 1 amide bonds. The second-order valence-electron chi connectivity index (χ2n) is 4.54. The average Bonchev–Trinajstić information content (AvgIpc) is 2.43. The molecule has 0 aliphatic rings. The summed E-state index contributed by atoms with van der Waals surface area (Å²) in [7, 11) is 0. The molecular formula is C15H24N2O2. The molecule has 0 aliphatic heterocycles. The second kappa shape index (κ2) is 9.53. The van der Waals surface area contributed by atoms with E-state index in [1.165, 1.54) is 0 Å². The molecule has 1 aromatic carbocycles. The van der Waals surface area contributed by atoms with Crippen LogP contribution in [0.25, 0.3) is 0 Å². The molecule has 0 aliphatic carbocycles. The van der Waals surface area contributed by atoms with Crippen molar-refractivity contribution in [3.8, 4) is 0 Å². The van der Waals surface area contributed by atoms with Crippen LogP contribution in [-0.2, 0) is 9.53 Å². The van der Waals surface area contributed by atoms with E-state index in [0.29, 0.717) is 19.6 Å². The van der Waals surface area contributed by atoms with Crippen molar-refractivity contribution >= 4 is 5.91 Å². The summed E-state index contributed by atoms with van der Waals surface area (Å²) in [6.07, 6.45) is 2.18. The molecule has 0 radical (unpaired) electrons. The molecule has 4 nitrogen and oxygen atoms in total. The van der Waals surface area contributed by atoms with Crippen LogP contribution in [0.1, 0.15) is 37.8 Å². The van der Waals surface area contributed by atoms with Crippen molar-refractivity contribution in [3.05, 3.63) is 35.9 Å². The summed E-state index contributed by atoms with van der Waals surface area (Å²) in [5, 5.41) is 2.86. The number of carbonyl (C=O) groups excluding carboxylic acids is 1. The molecule has 19 heavy (non-hydrogen) atoms. The van der Waals surface area contributed by atoms with Crippen LogP contribution in [0.3, 0.4) is 0 Å². The van der Waals surface area contributed by atoms with Crippen LogP contribution < -0.4 is 11.1 Å². The van der Waals surface area contributed by atoms with Crippen LogP contribution in [0.4, 0.5) is 0 Å². The van der Waals surface area contributed by atoms with Crippen molar-refractivity contribution in [1.82, 2.24) is 5.32 Å². The zero-order chi connectivity index (χ0) is 13.9. The molecule has 0 saturated carbocycles.